The Morgan fingerprint density at radius 2 is 1.84 bits per heavy atom. The first-order valence-corrected chi connectivity index (χ1v) is 10.7. The van der Waals surface area contributed by atoms with Gasteiger partial charge in [-0.05, 0) is 59.1 Å². The summed E-state index contributed by atoms with van der Waals surface area (Å²) in [6.45, 7) is 3.31. The molecule has 0 unspecified atom stereocenters. The molecule has 170 valence electrons. The van der Waals surface area contributed by atoms with Gasteiger partial charge in [0.25, 0.3) is 5.92 Å². The van der Waals surface area contributed by atoms with E-state index in [0.717, 1.165) is 6.07 Å². The molecule has 1 saturated carbocycles. The van der Waals surface area contributed by atoms with E-state index in [1.165, 1.54) is 13.0 Å². The van der Waals surface area contributed by atoms with E-state index < -0.39 is 17.7 Å². The lowest BCUT2D eigenvalue weighted by molar-refractivity contribution is -0.138. The lowest BCUT2D eigenvalue weighted by atomic mass is 9.88. The molecule has 3 aromatic rings. The van der Waals surface area contributed by atoms with Crippen molar-refractivity contribution in [2.24, 2.45) is 0 Å². The third kappa shape index (κ3) is 4.65. The summed E-state index contributed by atoms with van der Waals surface area (Å²) in [4.78, 5) is 8.84. The van der Waals surface area contributed by atoms with Crippen LogP contribution < -0.4 is 10.6 Å². The number of aryl methyl sites for hydroxylation is 1. The first-order chi connectivity index (χ1) is 14.9. The molecule has 1 fully saturated rings. The van der Waals surface area contributed by atoms with Crippen LogP contribution in [0.4, 0.5) is 33.5 Å². The van der Waals surface area contributed by atoms with Gasteiger partial charge in [-0.25, -0.2) is 18.7 Å². The van der Waals surface area contributed by atoms with E-state index in [0.29, 0.717) is 38.3 Å². The van der Waals surface area contributed by atoms with Crippen molar-refractivity contribution in [3.63, 3.8) is 0 Å². The van der Waals surface area contributed by atoms with Crippen molar-refractivity contribution in [1.82, 2.24) is 9.97 Å². The van der Waals surface area contributed by atoms with Crippen LogP contribution in [0.3, 0.4) is 0 Å². The molecule has 1 aliphatic carbocycles. The van der Waals surface area contributed by atoms with Crippen LogP contribution in [-0.2, 0) is 12.7 Å². The van der Waals surface area contributed by atoms with Crippen LogP contribution in [0.1, 0.15) is 35.4 Å². The second kappa shape index (κ2) is 8.13. The van der Waals surface area contributed by atoms with Gasteiger partial charge in [-0.15, -0.1) is 0 Å². The number of nitrogens with one attached hydrogen (secondary N) is 2. The maximum atomic E-state index is 13.2. The van der Waals surface area contributed by atoms with Gasteiger partial charge in [0, 0.05) is 35.3 Å². The van der Waals surface area contributed by atoms with E-state index in [2.05, 4.69) is 36.5 Å². The van der Waals surface area contributed by atoms with Gasteiger partial charge in [-0.1, -0.05) is 12.1 Å². The van der Waals surface area contributed by atoms with E-state index in [4.69, 9.17) is 0 Å². The minimum atomic E-state index is -4.42. The average molecular weight is 515 g/mol. The second-order valence-electron chi connectivity index (χ2n) is 8.02. The van der Waals surface area contributed by atoms with Gasteiger partial charge in [-0.2, -0.15) is 13.2 Å². The van der Waals surface area contributed by atoms with E-state index in [1.807, 2.05) is 0 Å². The number of hydrogen-bond acceptors (Lipinski definition) is 4. The van der Waals surface area contributed by atoms with Crippen LogP contribution >= 0.6 is 15.9 Å². The maximum Gasteiger partial charge on any atom is 0.416 e. The quantitative estimate of drug-likeness (QED) is 0.365. The summed E-state index contributed by atoms with van der Waals surface area (Å²) in [6, 6.07) is 7.30. The number of alkyl halides is 5. The molecule has 0 aliphatic heterocycles. The minimum Gasteiger partial charge on any atom is -0.381 e. The van der Waals surface area contributed by atoms with Gasteiger partial charge in [-0.3, -0.25) is 0 Å². The summed E-state index contributed by atoms with van der Waals surface area (Å²) in [5.74, 6) is -1.67. The molecule has 0 atom stereocenters. The van der Waals surface area contributed by atoms with Crippen LogP contribution in [0.15, 0.2) is 34.8 Å². The van der Waals surface area contributed by atoms with Crippen molar-refractivity contribution in [2.45, 2.75) is 51.4 Å². The summed E-state index contributed by atoms with van der Waals surface area (Å²) in [7, 11) is 0. The second-order valence-corrected chi connectivity index (χ2v) is 8.87. The summed E-state index contributed by atoms with van der Waals surface area (Å²) >= 11 is 3.46. The largest absolute Gasteiger partial charge is 0.416 e. The Morgan fingerprint density at radius 3 is 2.50 bits per heavy atom. The molecular weight excluding hydrogens is 495 g/mol. The smallest absolute Gasteiger partial charge is 0.381 e. The molecule has 32 heavy (non-hydrogen) atoms. The van der Waals surface area contributed by atoms with Crippen molar-refractivity contribution in [2.75, 3.05) is 10.6 Å². The maximum absolute atomic E-state index is 13.2. The van der Waals surface area contributed by atoms with Gasteiger partial charge in [0.2, 0.25) is 0 Å². The van der Waals surface area contributed by atoms with Gasteiger partial charge >= 0.3 is 6.18 Å². The van der Waals surface area contributed by atoms with Crippen molar-refractivity contribution in [3.05, 3.63) is 57.3 Å². The SMILES string of the molecule is Cc1nc(NCc2cccc(C(F)(F)F)c2C)c2cc(Br)c(NC3CC(F)(F)C3)cc2n1. The molecule has 0 bridgehead atoms. The topological polar surface area (TPSA) is 49.8 Å². The molecule has 1 aromatic heterocycles. The van der Waals surface area contributed by atoms with Crippen molar-refractivity contribution in [3.8, 4) is 0 Å². The highest BCUT2D eigenvalue weighted by Gasteiger charge is 2.45. The Labute approximate surface area is 189 Å². The normalized spacial score (nSPS) is 16.1. The van der Waals surface area contributed by atoms with Crippen LogP contribution in [-0.4, -0.2) is 21.9 Å². The van der Waals surface area contributed by atoms with Crippen LogP contribution in [0.5, 0.6) is 0 Å². The highest BCUT2D eigenvalue weighted by atomic mass is 79.9. The van der Waals surface area contributed by atoms with Gasteiger partial charge in [0.05, 0.1) is 16.8 Å². The average Bonchev–Trinajstić information content (AvgIpc) is 2.65. The number of halogens is 6. The number of benzene rings is 2. The Morgan fingerprint density at radius 1 is 1.12 bits per heavy atom. The molecule has 0 radical (unpaired) electrons. The van der Waals surface area contributed by atoms with Crippen LogP contribution in [0.25, 0.3) is 10.9 Å². The zero-order valence-corrected chi connectivity index (χ0v) is 18.8. The monoisotopic (exact) mass is 514 g/mol. The molecule has 2 aromatic carbocycles. The Kier molecular flexibility index (Phi) is 5.77. The fourth-order valence-electron chi connectivity index (χ4n) is 3.85. The van der Waals surface area contributed by atoms with Crippen LogP contribution in [0, 0.1) is 13.8 Å². The lowest BCUT2D eigenvalue weighted by Crippen LogP contribution is -2.44. The number of aromatic nitrogens is 2. The molecule has 0 spiro atoms. The van der Waals surface area contributed by atoms with E-state index >= 15 is 0 Å². The third-order valence-electron chi connectivity index (χ3n) is 5.54. The van der Waals surface area contributed by atoms with Crippen molar-refractivity contribution in [1.29, 1.82) is 0 Å². The first kappa shape index (κ1) is 22.7. The highest BCUT2D eigenvalue weighted by molar-refractivity contribution is 9.10. The standard InChI is InChI=1S/C22H20BrF5N4/c1-11-13(4-3-5-16(11)22(26,27)28)10-29-20-15-6-17(23)19(7-18(15)30-12(2)31-20)32-14-8-21(24,25)9-14/h3-7,14,32H,8-10H2,1-2H3,(H,29,30,31). The highest BCUT2D eigenvalue weighted by Crippen LogP contribution is 2.41. The Hall–Kier alpha value is -2.49. The summed E-state index contributed by atoms with van der Waals surface area (Å²) in [6.07, 6.45) is -4.86. The Balaban J connectivity index is 1.60. The Bertz CT molecular complexity index is 1170. The summed E-state index contributed by atoms with van der Waals surface area (Å²) < 4.78 is 66.6. The molecule has 10 heteroatoms. The number of hydrogen-bond donors (Lipinski definition) is 2. The van der Waals surface area contributed by atoms with Gasteiger partial charge in [0.15, 0.2) is 0 Å². The molecule has 4 nitrogen and oxygen atoms in total. The molecular formula is C22H20BrF5N4. The van der Waals surface area contributed by atoms with Crippen molar-refractivity contribution < 1.29 is 22.0 Å². The van der Waals surface area contributed by atoms with Crippen LogP contribution in [0.2, 0.25) is 0 Å². The molecule has 0 saturated heterocycles. The minimum absolute atomic E-state index is 0.149. The van der Waals surface area contributed by atoms with Crippen molar-refractivity contribution >= 4 is 38.3 Å². The van der Waals surface area contributed by atoms with Gasteiger partial charge in [0.1, 0.15) is 11.6 Å². The number of fused-ring (bicyclic) bond motifs is 1. The molecule has 2 N–H and O–H groups in total. The zero-order chi connectivity index (χ0) is 23.3. The summed E-state index contributed by atoms with van der Waals surface area (Å²) in [5, 5.41) is 6.89. The third-order valence-corrected chi connectivity index (χ3v) is 6.20. The fourth-order valence-corrected chi connectivity index (χ4v) is 4.31. The predicted octanol–water partition coefficient (Wildman–Crippen LogP) is 6.85. The molecule has 0 amide bonds. The lowest BCUT2D eigenvalue weighted by Gasteiger charge is -2.36. The fraction of sp³-hybridized carbons (Fsp3) is 0.364. The molecule has 1 heterocycles. The van der Waals surface area contributed by atoms with E-state index in [1.54, 1.807) is 25.1 Å². The predicted molar refractivity (Wildman–Crippen MR) is 117 cm³/mol. The number of rotatable bonds is 5. The van der Waals surface area contributed by atoms with E-state index in [-0.39, 0.29) is 31.0 Å². The van der Waals surface area contributed by atoms with Gasteiger partial charge < -0.3 is 10.6 Å². The number of anilines is 2. The molecule has 4 rings (SSSR count). The molecule has 1 aliphatic rings. The first-order valence-electron chi connectivity index (χ1n) is 9.95. The zero-order valence-electron chi connectivity index (χ0n) is 17.2. The van der Waals surface area contributed by atoms with E-state index in [9.17, 15) is 22.0 Å². The summed E-state index contributed by atoms with van der Waals surface area (Å²) in [5.41, 5.74) is 1.24. The number of nitrogens with zero attached hydrogens (tertiary/aromatic N) is 2.